The molecule has 0 fully saturated rings. The first-order valence-electron chi connectivity index (χ1n) is 6.67. The largest absolute Gasteiger partial charge is 0.465 e. The number of carbonyl (C=O) groups is 1. The van der Waals surface area contributed by atoms with Gasteiger partial charge in [0.15, 0.2) is 0 Å². The van der Waals surface area contributed by atoms with Crippen LogP contribution >= 0.6 is 0 Å². The maximum Gasteiger partial charge on any atom is 0.248 e. The summed E-state index contributed by atoms with van der Waals surface area (Å²) in [5.41, 5.74) is 3.36. The van der Waals surface area contributed by atoms with E-state index in [0.29, 0.717) is 5.76 Å². The van der Waals surface area contributed by atoms with Gasteiger partial charge in [-0.25, -0.2) is 0 Å². The van der Waals surface area contributed by atoms with Crippen LogP contribution in [0.4, 0.5) is 5.69 Å². The maximum absolute atomic E-state index is 11.9. The number of anilines is 1. The lowest BCUT2D eigenvalue weighted by molar-refractivity contribution is -0.111. The van der Waals surface area contributed by atoms with Gasteiger partial charge in [-0.15, -0.1) is 0 Å². The van der Waals surface area contributed by atoms with Crippen LogP contribution in [0.1, 0.15) is 16.9 Å². The first kappa shape index (κ1) is 12.7. The van der Waals surface area contributed by atoms with Gasteiger partial charge in [-0.2, -0.15) is 0 Å². The number of fused-ring (bicyclic) bond motifs is 1. The van der Waals surface area contributed by atoms with E-state index in [1.807, 2.05) is 12.1 Å². The fourth-order valence-electron chi connectivity index (χ4n) is 2.35. The van der Waals surface area contributed by atoms with Crippen LogP contribution in [0.25, 0.3) is 6.08 Å². The number of amides is 1. The summed E-state index contributed by atoms with van der Waals surface area (Å²) in [6.07, 6.45) is 5.72. The average Bonchev–Trinajstić information content (AvgIpc) is 2.99. The molecule has 0 spiro atoms. The molecule has 0 unspecified atom stereocenters. The molecule has 102 valence electrons. The molecule has 1 aliphatic heterocycles. The number of benzene rings is 1. The second-order valence-corrected chi connectivity index (χ2v) is 4.71. The van der Waals surface area contributed by atoms with Gasteiger partial charge in [0.1, 0.15) is 5.76 Å². The highest BCUT2D eigenvalue weighted by Gasteiger charge is 2.13. The van der Waals surface area contributed by atoms with E-state index in [4.69, 9.17) is 4.42 Å². The summed E-state index contributed by atoms with van der Waals surface area (Å²) in [4.78, 5) is 11.9. The Labute approximate surface area is 117 Å². The summed E-state index contributed by atoms with van der Waals surface area (Å²) in [6, 6.07) is 9.62. The molecular formula is C16H16N2O2. The lowest BCUT2D eigenvalue weighted by Gasteiger charge is -2.20. The molecule has 1 aliphatic rings. The zero-order valence-corrected chi connectivity index (χ0v) is 11.1. The Morgan fingerprint density at radius 3 is 3.10 bits per heavy atom. The predicted octanol–water partition coefficient (Wildman–Crippen LogP) is 2.58. The van der Waals surface area contributed by atoms with Crippen LogP contribution in [-0.4, -0.2) is 12.5 Å². The highest BCUT2D eigenvalue weighted by atomic mass is 16.3. The van der Waals surface area contributed by atoms with Crippen molar-refractivity contribution in [2.75, 3.05) is 11.9 Å². The van der Waals surface area contributed by atoms with Crippen molar-refractivity contribution in [3.8, 4) is 0 Å². The third kappa shape index (κ3) is 2.81. The second-order valence-electron chi connectivity index (χ2n) is 4.71. The Balaban J connectivity index is 1.73. The quantitative estimate of drug-likeness (QED) is 0.841. The third-order valence-electron chi connectivity index (χ3n) is 3.35. The van der Waals surface area contributed by atoms with Crippen molar-refractivity contribution >= 4 is 17.7 Å². The maximum atomic E-state index is 11.9. The van der Waals surface area contributed by atoms with Gasteiger partial charge in [-0.05, 0) is 48.4 Å². The molecule has 0 bridgehead atoms. The molecule has 3 rings (SSSR count). The monoisotopic (exact) mass is 268 g/mol. The minimum absolute atomic E-state index is 0.152. The summed E-state index contributed by atoms with van der Waals surface area (Å²) in [7, 11) is 0. The van der Waals surface area contributed by atoms with Crippen molar-refractivity contribution in [2.45, 2.75) is 13.0 Å². The van der Waals surface area contributed by atoms with Gasteiger partial charge in [0.2, 0.25) is 5.91 Å². The SMILES string of the molecule is O=C(/C=C/c1ccco1)Nc1cccc2c1CNCC2. The molecule has 1 amide bonds. The number of rotatable bonds is 3. The van der Waals surface area contributed by atoms with E-state index < -0.39 is 0 Å². The van der Waals surface area contributed by atoms with Crippen LogP contribution in [0.2, 0.25) is 0 Å². The van der Waals surface area contributed by atoms with E-state index in [0.717, 1.165) is 25.2 Å². The number of hydrogen-bond acceptors (Lipinski definition) is 3. The molecule has 0 saturated heterocycles. The van der Waals surface area contributed by atoms with Crippen molar-refractivity contribution in [3.63, 3.8) is 0 Å². The molecule has 0 radical (unpaired) electrons. The van der Waals surface area contributed by atoms with Gasteiger partial charge in [0, 0.05) is 18.3 Å². The molecule has 4 heteroatoms. The van der Waals surface area contributed by atoms with Crippen molar-refractivity contribution in [1.29, 1.82) is 0 Å². The Kier molecular flexibility index (Phi) is 3.65. The Bertz CT molecular complexity index is 630. The highest BCUT2D eigenvalue weighted by molar-refractivity contribution is 6.02. The zero-order valence-electron chi connectivity index (χ0n) is 11.1. The van der Waals surface area contributed by atoms with Crippen LogP contribution in [-0.2, 0) is 17.8 Å². The molecule has 4 nitrogen and oxygen atoms in total. The van der Waals surface area contributed by atoms with Crippen molar-refractivity contribution in [1.82, 2.24) is 5.32 Å². The molecule has 1 aromatic heterocycles. The molecule has 2 aromatic rings. The smallest absolute Gasteiger partial charge is 0.248 e. The van der Waals surface area contributed by atoms with E-state index in [1.54, 1.807) is 24.5 Å². The van der Waals surface area contributed by atoms with Crippen LogP contribution in [0, 0.1) is 0 Å². The van der Waals surface area contributed by atoms with Gasteiger partial charge in [0.25, 0.3) is 0 Å². The number of hydrogen-bond donors (Lipinski definition) is 2. The first-order chi connectivity index (χ1) is 9.83. The van der Waals surface area contributed by atoms with Gasteiger partial charge in [-0.3, -0.25) is 4.79 Å². The van der Waals surface area contributed by atoms with E-state index in [1.165, 1.54) is 17.2 Å². The topological polar surface area (TPSA) is 54.3 Å². The predicted molar refractivity (Wildman–Crippen MR) is 78.2 cm³/mol. The minimum atomic E-state index is -0.152. The average molecular weight is 268 g/mol. The molecule has 2 heterocycles. The van der Waals surface area contributed by atoms with Crippen LogP contribution < -0.4 is 10.6 Å². The third-order valence-corrected chi connectivity index (χ3v) is 3.35. The van der Waals surface area contributed by atoms with Crippen molar-refractivity contribution in [3.05, 3.63) is 59.6 Å². The van der Waals surface area contributed by atoms with Crippen molar-refractivity contribution in [2.24, 2.45) is 0 Å². The standard InChI is InChI=1S/C16H16N2O2/c19-16(7-6-13-4-2-10-20-13)18-15-5-1-3-12-8-9-17-11-14(12)15/h1-7,10,17H,8-9,11H2,(H,18,19)/b7-6+. The summed E-state index contributed by atoms with van der Waals surface area (Å²) >= 11 is 0. The first-order valence-corrected chi connectivity index (χ1v) is 6.67. The number of carbonyl (C=O) groups excluding carboxylic acids is 1. The molecule has 0 aliphatic carbocycles. The van der Waals surface area contributed by atoms with Gasteiger partial charge in [0.05, 0.1) is 6.26 Å². The zero-order chi connectivity index (χ0) is 13.8. The lowest BCUT2D eigenvalue weighted by Crippen LogP contribution is -2.25. The molecule has 20 heavy (non-hydrogen) atoms. The van der Waals surface area contributed by atoms with Crippen LogP contribution in [0.5, 0.6) is 0 Å². The Morgan fingerprint density at radius 1 is 1.30 bits per heavy atom. The molecule has 2 N–H and O–H groups in total. The van der Waals surface area contributed by atoms with Crippen LogP contribution in [0.15, 0.2) is 47.1 Å². The van der Waals surface area contributed by atoms with Crippen LogP contribution in [0.3, 0.4) is 0 Å². The van der Waals surface area contributed by atoms with E-state index >= 15 is 0 Å². The van der Waals surface area contributed by atoms with Gasteiger partial charge >= 0.3 is 0 Å². The van der Waals surface area contributed by atoms with Crippen molar-refractivity contribution < 1.29 is 9.21 Å². The summed E-state index contributed by atoms with van der Waals surface area (Å²) in [5.74, 6) is 0.511. The van der Waals surface area contributed by atoms with Gasteiger partial charge < -0.3 is 15.1 Å². The van der Waals surface area contributed by atoms with E-state index in [-0.39, 0.29) is 5.91 Å². The molecule has 1 aromatic carbocycles. The number of nitrogens with one attached hydrogen (secondary N) is 2. The normalized spacial score (nSPS) is 14.2. The lowest BCUT2D eigenvalue weighted by atomic mass is 9.99. The highest BCUT2D eigenvalue weighted by Crippen LogP contribution is 2.22. The fraction of sp³-hybridized carbons (Fsp3) is 0.188. The molecule has 0 saturated carbocycles. The molecule has 0 atom stereocenters. The minimum Gasteiger partial charge on any atom is -0.465 e. The Hall–Kier alpha value is -2.33. The summed E-state index contributed by atoms with van der Waals surface area (Å²) in [5, 5.41) is 6.25. The summed E-state index contributed by atoms with van der Waals surface area (Å²) in [6.45, 7) is 1.79. The number of furan rings is 1. The second kappa shape index (κ2) is 5.75. The fourth-order valence-corrected chi connectivity index (χ4v) is 2.35. The summed E-state index contributed by atoms with van der Waals surface area (Å²) < 4.78 is 5.15. The Morgan fingerprint density at radius 2 is 2.25 bits per heavy atom. The van der Waals surface area contributed by atoms with E-state index in [9.17, 15) is 4.79 Å². The van der Waals surface area contributed by atoms with E-state index in [2.05, 4.69) is 16.7 Å². The van der Waals surface area contributed by atoms with Gasteiger partial charge in [-0.1, -0.05) is 12.1 Å². The molecular weight excluding hydrogens is 252 g/mol.